The van der Waals surface area contributed by atoms with Crippen molar-refractivity contribution in [2.45, 2.75) is 13.5 Å². The summed E-state index contributed by atoms with van der Waals surface area (Å²) in [6.45, 7) is 2.37. The van der Waals surface area contributed by atoms with Crippen LogP contribution in [0, 0.1) is 6.92 Å². The lowest BCUT2D eigenvalue weighted by Crippen LogP contribution is -2.33. The molecular weight excluding hydrogens is 446 g/mol. The number of carbonyl (C=O) groups excluding carboxylic acids is 1. The van der Waals surface area contributed by atoms with Gasteiger partial charge < -0.3 is 4.74 Å². The number of rotatable bonds is 6. The molecule has 0 saturated carbocycles. The first-order chi connectivity index (χ1) is 16.6. The molecular formula is C27H21N3O3S. The highest BCUT2D eigenvalue weighted by atomic mass is 32.1. The molecule has 0 unspecified atom stereocenters. The first-order valence-electron chi connectivity index (χ1n) is 10.7. The molecule has 2 aromatic heterocycles. The van der Waals surface area contributed by atoms with Gasteiger partial charge in [0.25, 0.3) is 11.5 Å². The van der Waals surface area contributed by atoms with Crippen molar-refractivity contribution in [3.63, 3.8) is 0 Å². The molecule has 7 heteroatoms. The molecule has 0 aliphatic rings. The van der Waals surface area contributed by atoms with Crippen LogP contribution in [-0.4, -0.2) is 15.6 Å². The first kappa shape index (κ1) is 21.6. The number of hydrogen-bond acceptors (Lipinski definition) is 5. The van der Waals surface area contributed by atoms with Crippen molar-refractivity contribution in [2.24, 2.45) is 0 Å². The summed E-state index contributed by atoms with van der Waals surface area (Å²) in [7, 11) is 0. The van der Waals surface area contributed by atoms with E-state index in [0.29, 0.717) is 22.4 Å². The zero-order valence-electron chi connectivity index (χ0n) is 18.4. The molecule has 0 aliphatic carbocycles. The quantitative estimate of drug-likeness (QED) is 0.363. The Kier molecular flexibility index (Phi) is 5.93. The highest BCUT2D eigenvalue weighted by Gasteiger charge is 2.18. The van der Waals surface area contributed by atoms with E-state index in [0.717, 1.165) is 32.0 Å². The van der Waals surface area contributed by atoms with Crippen molar-refractivity contribution in [1.82, 2.24) is 9.66 Å². The monoisotopic (exact) mass is 467 g/mol. The van der Waals surface area contributed by atoms with Gasteiger partial charge in [0.15, 0.2) is 0 Å². The van der Waals surface area contributed by atoms with Crippen LogP contribution in [0.4, 0.5) is 0 Å². The van der Waals surface area contributed by atoms with Crippen LogP contribution in [0.5, 0.6) is 5.75 Å². The van der Waals surface area contributed by atoms with Crippen LogP contribution < -0.4 is 15.7 Å². The van der Waals surface area contributed by atoms with Crippen molar-refractivity contribution in [1.29, 1.82) is 0 Å². The van der Waals surface area contributed by atoms with Gasteiger partial charge in [-0.25, -0.2) is 9.66 Å². The minimum absolute atomic E-state index is 0.311. The van der Waals surface area contributed by atoms with E-state index in [1.165, 1.54) is 17.7 Å². The van der Waals surface area contributed by atoms with Crippen LogP contribution in [0.1, 0.15) is 20.8 Å². The van der Waals surface area contributed by atoms with Crippen molar-refractivity contribution < 1.29 is 9.53 Å². The fourth-order valence-electron chi connectivity index (χ4n) is 3.74. The summed E-state index contributed by atoms with van der Waals surface area (Å²) in [6.07, 6.45) is 1.36. The molecule has 0 bridgehead atoms. The molecule has 2 heterocycles. The van der Waals surface area contributed by atoms with Crippen molar-refractivity contribution in [3.8, 4) is 16.9 Å². The first-order valence-corrected chi connectivity index (χ1v) is 11.6. The van der Waals surface area contributed by atoms with Gasteiger partial charge in [-0.05, 0) is 42.3 Å². The zero-order chi connectivity index (χ0) is 23.5. The molecule has 0 spiro atoms. The molecule has 1 amide bonds. The van der Waals surface area contributed by atoms with Gasteiger partial charge >= 0.3 is 0 Å². The number of aryl methyl sites for hydroxylation is 1. The van der Waals surface area contributed by atoms with Gasteiger partial charge in [-0.3, -0.25) is 15.0 Å². The molecule has 0 fully saturated rings. The number of fused-ring (bicyclic) bond motifs is 1. The third-order valence-corrected chi connectivity index (χ3v) is 6.45. The van der Waals surface area contributed by atoms with Crippen molar-refractivity contribution in [3.05, 3.63) is 118 Å². The van der Waals surface area contributed by atoms with Crippen molar-refractivity contribution in [2.75, 3.05) is 5.43 Å². The summed E-state index contributed by atoms with van der Waals surface area (Å²) in [4.78, 5) is 32.2. The van der Waals surface area contributed by atoms with E-state index in [2.05, 4.69) is 10.4 Å². The smallest absolute Gasteiger partial charge is 0.281 e. The number of para-hydroxylation sites is 1. The summed E-state index contributed by atoms with van der Waals surface area (Å²) in [5, 5.41) is 0.505. The molecule has 0 aliphatic heterocycles. The number of nitrogens with zero attached hydrogens (tertiary/aromatic N) is 2. The molecule has 5 aromatic rings. The van der Waals surface area contributed by atoms with Crippen LogP contribution in [0.2, 0.25) is 0 Å². The summed E-state index contributed by atoms with van der Waals surface area (Å²) in [6, 6.07) is 26.4. The lowest BCUT2D eigenvalue weighted by Gasteiger charge is -2.10. The van der Waals surface area contributed by atoms with Crippen LogP contribution >= 0.6 is 11.3 Å². The predicted octanol–water partition coefficient (Wildman–Crippen LogP) is 5.40. The minimum atomic E-state index is -0.396. The van der Waals surface area contributed by atoms with E-state index in [4.69, 9.17) is 4.74 Å². The van der Waals surface area contributed by atoms with Crippen LogP contribution in [0.15, 0.2) is 96.1 Å². The topological polar surface area (TPSA) is 73.2 Å². The summed E-state index contributed by atoms with van der Waals surface area (Å²) in [5.41, 5.74) is 5.51. The Bertz CT molecular complexity index is 1510. The number of benzene rings is 3. The Morgan fingerprint density at radius 2 is 1.65 bits per heavy atom. The van der Waals surface area contributed by atoms with E-state index in [1.54, 1.807) is 12.1 Å². The maximum atomic E-state index is 13.3. The number of nitrogens with one attached hydrogen (secondary N) is 1. The Morgan fingerprint density at radius 3 is 2.35 bits per heavy atom. The maximum absolute atomic E-state index is 13.3. The normalized spacial score (nSPS) is 10.9. The largest absolute Gasteiger partial charge is 0.489 e. The van der Waals surface area contributed by atoms with Gasteiger partial charge in [0, 0.05) is 16.0 Å². The number of aromatic nitrogens is 2. The highest BCUT2D eigenvalue weighted by Crippen LogP contribution is 2.35. The number of thiophene rings is 1. The van der Waals surface area contributed by atoms with Gasteiger partial charge in [-0.2, -0.15) is 0 Å². The molecule has 168 valence electrons. The van der Waals surface area contributed by atoms with Crippen molar-refractivity contribution >= 4 is 27.5 Å². The Morgan fingerprint density at radius 1 is 0.971 bits per heavy atom. The van der Waals surface area contributed by atoms with E-state index in [-0.39, 0.29) is 5.56 Å². The molecule has 6 nitrogen and oxygen atoms in total. The SMILES string of the molecule is Cc1sc2ncn(NC(=O)c3ccc(COc4ccccc4)cc3)c(=O)c2c1-c1ccccc1. The van der Waals surface area contributed by atoms with E-state index < -0.39 is 5.91 Å². The Hall–Kier alpha value is -4.23. The number of amides is 1. The van der Waals surface area contributed by atoms with Crippen LogP contribution in [0.25, 0.3) is 21.3 Å². The van der Waals surface area contributed by atoms with Gasteiger partial charge in [-0.1, -0.05) is 60.7 Å². The second-order valence-electron chi connectivity index (χ2n) is 7.74. The van der Waals surface area contributed by atoms with Gasteiger partial charge in [0.05, 0.1) is 5.39 Å². The minimum Gasteiger partial charge on any atom is -0.489 e. The fraction of sp³-hybridized carbons (Fsp3) is 0.0741. The standard InChI is InChI=1S/C27H21N3O3S/c1-18-23(20-8-4-2-5-9-20)24-26(34-18)28-17-30(27(24)32)29-25(31)21-14-12-19(13-15-21)16-33-22-10-6-3-7-11-22/h2-15,17H,16H2,1H3,(H,29,31). The molecule has 0 atom stereocenters. The predicted molar refractivity (Wildman–Crippen MR) is 135 cm³/mol. The Balaban J connectivity index is 1.36. The number of hydrogen-bond donors (Lipinski definition) is 1. The maximum Gasteiger partial charge on any atom is 0.281 e. The average molecular weight is 468 g/mol. The average Bonchev–Trinajstić information content (AvgIpc) is 3.22. The summed E-state index contributed by atoms with van der Waals surface area (Å²) >= 11 is 1.47. The summed E-state index contributed by atoms with van der Waals surface area (Å²) < 4.78 is 6.89. The van der Waals surface area contributed by atoms with Gasteiger partial charge in [0.2, 0.25) is 0 Å². The molecule has 1 N–H and O–H groups in total. The lowest BCUT2D eigenvalue weighted by molar-refractivity contribution is 0.101. The second-order valence-corrected chi connectivity index (χ2v) is 8.94. The third kappa shape index (κ3) is 4.33. The van der Waals surface area contributed by atoms with Crippen LogP contribution in [0.3, 0.4) is 0 Å². The highest BCUT2D eigenvalue weighted by molar-refractivity contribution is 7.19. The molecule has 34 heavy (non-hydrogen) atoms. The summed E-state index contributed by atoms with van der Waals surface area (Å²) in [5.74, 6) is 0.386. The van der Waals surface area contributed by atoms with Crippen LogP contribution in [-0.2, 0) is 6.61 Å². The van der Waals surface area contributed by atoms with E-state index >= 15 is 0 Å². The van der Waals surface area contributed by atoms with E-state index in [9.17, 15) is 9.59 Å². The molecule has 3 aromatic carbocycles. The lowest BCUT2D eigenvalue weighted by atomic mass is 10.0. The number of ether oxygens (including phenoxy) is 1. The van der Waals surface area contributed by atoms with Gasteiger partial charge in [-0.15, -0.1) is 11.3 Å². The zero-order valence-corrected chi connectivity index (χ0v) is 19.2. The third-order valence-electron chi connectivity index (χ3n) is 5.44. The second kappa shape index (κ2) is 9.33. The van der Waals surface area contributed by atoms with Gasteiger partial charge in [0.1, 0.15) is 23.5 Å². The van der Waals surface area contributed by atoms with E-state index in [1.807, 2.05) is 79.7 Å². The molecule has 0 saturated heterocycles. The Labute approximate surface area is 200 Å². The molecule has 5 rings (SSSR count). The molecule has 0 radical (unpaired) electrons. The number of carbonyl (C=O) groups is 1. The fourth-order valence-corrected chi connectivity index (χ4v) is 4.75.